The highest BCUT2D eigenvalue weighted by Gasteiger charge is 2.26. The van der Waals surface area contributed by atoms with Gasteiger partial charge in [-0.15, -0.1) is 0 Å². The van der Waals surface area contributed by atoms with E-state index < -0.39 is 4.92 Å². The van der Waals surface area contributed by atoms with Crippen LogP contribution >= 0.6 is 0 Å². The summed E-state index contributed by atoms with van der Waals surface area (Å²) in [5, 5.41) is 14.2. The first kappa shape index (κ1) is 15.4. The van der Waals surface area contributed by atoms with E-state index in [1.807, 2.05) is 0 Å². The maximum Gasteiger partial charge on any atom is 0.354 e. The molecule has 1 aliphatic heterocycles. The number of likely N-dealkylation sites (tertiary alicyclic amines) is 1. The molecule has 0 bridgehead atoms. The molecule has 21 heavy (non-hydrogen) atoms. The molecule has 2 rings (SSSR count). The average molecular weight is 295 g/mol. The zero-order valence-corrected chi connectivity index (χ0v) is 12.2. The molecule has 1 atom stereocenters. The lowest BCUT2D eigenvalue weighted by molar-refractivity contribution is -0.383. The van der Waals surface area contributed by atoms with Crippen molar-refractivity contribution in [3.8, 4) is 0 Å². The van der Waals surface area contributed by atoms with E-state index in [1.54, 1.807) is 0 Å². The summed E-state index contributed by atoms with van der Waals surface area (Å²) in [4.78, 5) is 20.7. The second kappa shape index (κ2) is 6.64. The van der Waals surface area contributed by atoms with Crippen molar-refractivity contribution in [2.24, 2.45) is 11.8 Å². The highest BCUT2D eigenvalue weighted by Crippen LogP contribution is 2.28. The molecule has 0 spiro atoms. The smallest absolute Gasteiger partial charge is 0.354 e. The van der Waals surface area contributed by atoms with Crippen molar-refractivity contribution in [3.05, 3.63) is 16.4 Å². The summed E-state index contributed by atoms with van der Waals surface area (Å²) in [6, 6.07) is 0.524. The maximum atomic E-state index is 11.1. The Kier molecular flexibility index (Phi) is 4.86. The normalized spacial score (nSPS) is 19.0. The molecule has 2 heterocycles. The Morgan fingerprint density at radius 2 is 2.24 bits per heavy atom. The molecule has 4 N–H and O–H groups in total. The highest BCUT2D eigenvalue weighted by molar-refractivity contribution is 5.68. The number of hydrogen-bond acceptors (Lipinski definition) is 8. The predicted molar refractivity (Wildman–Crippen MR) is 79.8 cm³/mol. The topological polar surface area (TPSA) is 122 Å². The average Bonchev–Trinajstić information content (AvgIpc) is 2.93. The van der Waals surface area contributed by atoms with Crippen LogP contribution < -0.4 is 16.6 Å². The lowest BCUT2D eigenvalue weighted by atomic mass is 10.1. The molecule has 9 nitrogen and oxygen atoms in total. The number of anilines is 2. The van der Waals surface area contributed by atoms with Crippen LogP contribution in [0.3, 0.4) is 0 Å². The molecule has 0 saturated carbocycles. The van der Waals surface area contributed by atoms with Crippen molar-refractivity contribution < 1.29 is 4.92 Å². The summed E-state index contributed by atoms with van der Waals surface area (Å²) in [7, 11) is 0. The fraction of sp³-hybridized carbons (Fsp3) is 0.667. The van der Waals surface area contributed by atoms with Gasteiger partial charge in [-0.25, -0.2) is 15.8 Å². The highest BCUT2D eigenvalue weighted by atomic mass is 16.6. The number of nitrogens with one attached hydrogen (secondary N) is 2. The summed E-state index contributed by atoms with van der Waals surface area (Å²) in [5.41, 5.74) is 2.00. The number of nitro groups is 1. The number of nitrogens with zero attached hydrogens (tertiary/aromatic N) is 4. The van der Waals surface area contributed by atoms with Crippen LogP contribution in [0, 0.1) is 16.0 Å². The van der Waals surface area contributed by atoms with Gasteiger partial charge in [0.05, 0.1) is 4.92 Å². The second-order valence-electron chi connectivity index (χ2n) is 5.45. The first-order valence-electron chi connectivity index (χ1n) is 6.96. The van der Waals surface area contributed by atoms with Gasteiger partial charge in [-0.3, -0.25) is 10.1 Å². The van der Waals surface area contributed by atoms with Gasteiger partial charge in [-0.2, -0.15) is 0 Å². The zero-order valence-electron chi connectivity index (χ0n) is 12.2. The van der Waals surface area contributed by atoms with E-state index in [0.29, 0.717) is 18.5 Å². The van der Waals surface area contributed by atoms with Crippen molar-refractivity contribution >= 4 is 17.3 Å². The molecule has 0 aliphatic carbocycles. The molecule has 1 saturated heterocycles. The second-order valence-corrected chi connectivity index (χ2v) is 5.45. The van der Waals surface area contributed by atoms with Gasteiger partial charge in [0, 0.05) is 19.1 Å². The van der Waals surface area contributed by atoms with Gasteiger partial charge in [-0.05, 0) is 32.7 Å². The Balaban J connectivity index is 2.02. The summed E-state index contributed by atoms with van der Waals surface area (Å²) in [6.07, 6.45) is 2.33. The van der Waals surface area contributed by atoms with Gasteiger partial charge in [-0.1, -0.05) is 0 Å². The van der Waals surface area contributed by atoms with E-state index in [4.69, 9.17) is 5.84 Å². The lowest BCUT2D eigenvalue weighted by Gasteiger charge is -2.20. The summed E-state index contributed by atoms with van der Waals surface area (Å²) < 4.78 is 0. The van der Waals surface area contributed by atoms with Crippen LogP contribution in [0.25, 0.3) is 0 Å². The molecule has 1 aromatic rings. The van der Waals surface area contributed by atoms with Crippen LogP contribution in [-0.4, -0.2) is 45.5 Å². The van der Waals surface area contributed by atoms with E-state index in [0.717, 1.165) is 19.5 Å². The molecule has 0 amide bonds. The van der Waals surface area contributed by atoms with Crippen molar-refractivity contribution in [2.45, 2.75) is 26.3 Å². The third kappa shape index (κ3) is 3.56. The SMILES string of the molecule is CC(C)N1CCC(CNc2ncnc(NN)c2[N+](=O)[O-])C1. The molecule has 1 aliphatic rings. The van der Waals surface area contributed by atoms with Crippen LogP contribution in [0.4, 0.5) is 17.3 Å². The third-order valence-electron chi connectivity index (χ3n) is 3.75. The van der Waals surface area contributed by atoms with Gasteiger partial charge < -0.3 is 15.6 Å². The van der Waals surface area contributed by atoms with E-state index in [1.165, 1.54) is 6.33 Å². The van der Waals surface area contributed by atoms with Crippen LogP contribution in [0.5, 0.6) is 0 Å². The first-order valence-corrected chi connectivity index (χ1v) is 6.96. The molecule has 0 radical (unpaired) electrons. The Bertz CT molecular complexity index is 508. The lowest BCUT2D eigenvalue weighted by Crippen LogP contribution is -2.29. The Morgan fingerprint density at radius 3 is 2.81 bits per heavy atom. The van der Waals surface area contributed by atoms with E-state index in [9.17, 15) is 10.1 Å². The molecule has 0 aromatic carbocycles. The number of aromatic nitrogens is 2. The molecule has 9 heteroatoms. The maximum absolute atomic E-state index is 11.1. The molecule has 1 fully saturated rings. The van der Waals surface area contributed by atoms with Gasteiger partial charge >= 0.3 is 5.69 Å². The van der Waals surface area contributed by atoms with Crippen molar-refractivity contribution in [2.75, 3.05) is 30.4 Å². The van der Waals surface area contributed by atoms with E-state index in [2.05, 4.69) is 39.5 Å². The Morgan fingerprint density at radius 1 is 1.52 bits per heavy atom. The van der Waals surface area contributed by atoms with Crippen molar-refractivity contribution in [3.63, 3.8) is 0 Å². The minimum Gasteiger partial charge on any atom is -0.364 e. The van der Waals surface area contributed by atoms with Gasteiger partial charge in [0.1, 0.15) is 6.33 Å². The predicted octanol–water partition coefficient (Wildman–Crippen LogP) is 0.813. The van der Waals surface area contributed by atoms with E-state index >= 15 is 0 Å². The first-order chi connectivity index (χ1) is 10.0. The summed E-state index contributed by atoms with van der Waals surface area (Å²) >= 11 is 0. The molecular weight excluding hydrogens is 274 g/mol. The number of hydrazine groups is 1. The number of hydrogen-bond donors (Lipinski definition) is 3. The summed E-state index contributed by atoms with van der Waals surface area (Å²) in [6.45, 7) is 7.04. The van der Waals surface area contributed by atoms with Gasteiger partial charge in [0.25, 0.3) is 0 Å². The zero-order chi connectivity index (χ0) is 15.4. The molecule has 1 aromatic heterocycles. The van der Waals surface area contributed by atoms with Crippen LogP contribution in [0.15, 0.2) is 6.33 Å². The summed E-state index contributed by atoms with van der Waals surface area (Å²) in [5.74, 6) is 5.91. The monoisotopic (exact) mass is 295 g/mol. The fourth-order valence-corrected chi connectivity index (χ4v) is 2.53. The third-order valence-corrected chi connectivity index (χ3v) is 3.75. The van der Waals surface area contributed by atoms with E-state index in [-0.39, 0.29) is 17.3 Å². The number of rotatable bonds is 6. The minimum atomic E-state index is -0.535. The minimum absolute atomic E-state index is 0.00716. The van der Waals surface area contributed by atoms with Crippen LogP contribution in [0.1, 0.15) is 20.3 Å². The standard InChI is InChI=1S/C12H21N7O2/c1-8(2)18-4-3-9(6-18)5-14-11-10(19(20)21)12(17-13)16-7-15-11/h7-9H,3-6,13H2,1-2H3,(H2,14,15,16,17). The Hall–Kier alpha value is -2.00. The molecule has 1 unspecified atom stereocenters. The van der Waals surface area contributed by atoms with Crippen LogP contribution in [0.2, 0.25) is 0 Å². The fourth-order valence-electron chi connectivity index (χ4n) is 2.53. The van der Waals surface area contributed by atoms with Gasteiger partial charge in [0.2, 0.25) is 11.6 Å². The van der Waals surface area contributed by atoms with Crippen molar-refractivity contribution in [1.29, 1.82) is 0 Å². The van der Waals surface area contributed by atoms with Crippen molar-refractivity contribution in [1.82, 2.24) is 14.9 Å². The molecule has 116 valence electrons. The largest absolute Gasteiger partial charge is 0.364 e. The Labute approximate surface area is 123 Å². The number of nitrogens with two attached hydrogens (primary N) is 1. The van der Waals surface area contributed by atoms with Crippen LogP contribution in [-0.2, 0) is 0 Å². The molecular formula is C12H21N7O2. The van der Waals surface area contributed by atoms with Gasteiger partial charge in [0.15, 0.2) is 0 Å². The quantitative estimate of drug-likeness (QED) is 0.400. The number of nitrogen functional groups attached to an aromatic ring is 1.